The molecule has 1 atom stereocenters. The van der Waals surface area contributed by atoms with Gasteiger partial charge in [-0.3, -0.25) is 0 Å². The second-order valence-corrected chi connectivity index (χ2v) is 7.00. The molecule has 1 unspecified atom stereocenters. The van der Waals surface area contributed by atoms with Crippen molar-refractivity contribution in [1.82, 2.24) is 10.6 Å². The minimum absolute atomic E-state index is 0.227. The largest absolute Gasteiger partial charge is 0.493 e. The summed E-state index contributed by atoms with van der Waals surface area (Å²) in [6, 6.07) is 11.4. The fraction of sp³-hybridized carbons (Fsp3) is 0.273. The lowest BCUT2D eigenvalue weighted by Gasteiger charge is -2.30. The zero-order chi connectivity index (χ0) is 21.7. The van der Waals surface area contributed by atoms with E-state index in [4.69, 9.17) is 25.8 Å². The van der Waals surface area contributed by atoms with Crippen molar-refractivity contribution in [3.05, 3.63) is 69.9 Å². The third kappa shape index (κ3) is 4.52. The van der Waals surface area contributed by atoms with E-state index < -0.39 is 18.0 Å². The van der Waals surface area contributed by atoms with Crippen LogP contribution in [0.25, 0.3) is 0 Å². The van der Waals surface area contributed by atoms with Crippen LogP contribution < -0.4 is 20.1 Å². The molecule has 2 amide bonds. The number of nitrogens with one attached hydrogen (secondary N) is 2. The molecule has 0 aromatic heterocycles. The number of amides is 2. The van der Waals surface area contributed by atoms with Gasteiger partial charge in [0.1, 0.15) is 6.61 Å². The van der Waals surface area contributed by atoms with E-state index in [2.05, 4.69) is 10.6 Å². The van der Waals surface area contributed by atoms with Crippen molar-refractivity contribution < 1.29 is 23.8 Å². The van der Waals surface area contributed by atoms with Gasteiger partial charge < -0.3 is 24.8 Å². The minimum atomic E-state index is -0.759. The standard InChI is InChI=1S/C22H23ClN2O5/c1-4-16-18(21(26)29-3)19(25-22(27)24-16)15-9-6-10-17(28-2)20(15)30-12-13-7-5-8-14(23)11-13/h5-11,19H,4,12H2,1-3H3,(H2,24,25,27). The molecule has 0 bridgehead atoms. The number of benzene rings is 2. The van der Waals surface area contributed by atoms with Gasteiger partial charge in [-0.05, 0) is 30.2 Å². The Morgan fingerprint density at radius 3 is 2.60 bits per heavy atom. The predicted octanol–water partition coefficient (Wildman–Crippen LogP) is 4.12. The van der Waals surface area contributed by atoms with Crippen LogP contribution in [0.5, 0.6) is 11.5 Å². The molecule has 2 aromatic carbocycles. The molecular formula is C22H23ClN2O5. The Balaban J connectivity index is 2.05. The number of ether oxygens (including phenoxy) is 3. The van der Waals surface area contributed by atoms with Crippen LogP contribution in [0.4, 0.5) is 4.79 Å². The van der Waals surface area contributed by atoms with Crippen LogP contribution in [0.2, 0.25) is 5.02 Å². The second kappa shape index (κ2) is 9.54. The molecule has 8 heteroatoms. The zero-order valence-electron chi connectivity index (χ0n) is 17.0. The lowest BCUT2D eigenvalue weighted by Crippen LogP contribution is -2.45. The highest BCUT2D eigenvalue weighted by molar-refractivity contribution is 6.30. The summed E-state index contributed by atoms with van der Waals surface area (Å²) >= 11 is 6.06. The molecule has 0 aliphatic carbocycles. The Kier molecular flexibility index (Phi) is 6.84. The Bertz CT molecular complexity index is 989. The molecule has 2 aromatic rings. The van der Waals surface area contributed by atoms with Crippen molar-refractivity contribution in [1.29, 1.82) is 0 Å². The third-order valence-electron chi connectivity index (χ3n) is 4.72. The van der Waals surface area contributed by atoms with Crippen LogP contribution in [-0.4, -0.2) is 26.2 Å². The second-order valence-electron chi connectivity index (χ2n) is 6.57. The number of halogens is 1. The summed E-state index contributed by atoms with van der Waals surface area (Å²) in [5.41, 5.74) is 2.27. The quantitative estimate of drug-likeness (QED) is 0.645. The topological polar surface area (TPSA) is 85.9 Å². The van der Waals surface area contributed by atoms with Crippen LogP contribution in [0, 0.1) is 0 Å². The van der Waals surface area contributed by atoms with E-state index in [1.54, 1.807) is 30.3 Å². The van der Waals surface area contributed by atoms with Crippen molar-refractivity contribution in [2.75, 3.05) is 14.2 Å². The first-order valence-electron chi connectivity index (χ1n) is 9.41. The molecule has 0 saturated heterocycles. The summed E-state index contributed by atoms with van der Waals surface area (Å²) in [7, 11) is 2.83. The first kappa shape index (κ1) is 21.5. The Morgan fingerprint density at radius 1 is 1.17 bits per heavy atom. The minimum Gasteiger partial charge on any atom is -0.493 e. The maximum Gasteiger partial charge on any atom is 0.337 e. The van der Waals surface area contributed by atoms with Gasteiger partial charge in [0.15, 0.2) is 11.5 Å². The van der Waals surface area contributed by atoms with Gasteiger partial charge in [-0.15, -0.1) is 0 Å². The Morgan fingerprint density at radius 2 is 1.93 bits per heavy atom. The van der Waals surface area contributed by atoms with Crippen molar-refractivity contribution in [2.24, 2.45) is 0 Å². The number of allylic oxidation sites excluding steroid dienone is 1. The fourth-order valence-electron chi connectivity index (χ4n) is 3.34. The van der Waals surface area contributed by atoms with E-state index in [1.165, 1.54) is 14.2 Å². The number of rotatable bonds is 7. The monoisotopic (exact) mass is 430 g/mol. The molecule has 3 rings (SSSR count). The van der Waals surface area contributed by atoms with Crippen molar-refractivity contribution in [3.8, 4) is 11.5 Å². The van der Waals surface area contributed by atoms with Crippen LogP contribution in [0.3, 0.4) is 0 Å². The zero-order valence-corrected chi connectivity index (χ0v) is 17.7. The predicted molar refractivity (Wildman–Crippen MR) is 113 cm³/mol. The molecule has 0 fully saturated rings. The molecule has 2 N–H and O–H groups in total. The number of urea groups is 1. The van der Waals surface area contributed by atoms with Gasteiger partial charge in [0.05, 0.1) is 25.8 Å². The average molecular weight is 431 g/mol. The van der Waals surface area contributed by atoms with E-state index in [9.17, 15) is 9.59 Å². The van der Waals surface area contributed by atoms with E-state index >= 15 is 0 Å². The van der Waals surface area contributed by atoms with E-state index in [-0.39, 0.29) is 6.61 Å². The molecule has 1 aliphatic rings. The number of carbonyl (C=O) groups is 2. The van der Waals surface area contributed by atoms with Gasteiger partial charge in [-0.1, -0.05) is 42.8 Å². The number of hydrogen-bond acceptors (Lipinski definition) is 5. The van der Waals surface area contributed by atoms with Crippen LogP contribution in [0.1, 0.15) is 30.5 Å². The molecule has 158 valence electrons. The molecule has 7 nitrogen and oxygen atoms in total. The van der Waals surface area contributed by atoms with Crippen LogP contribution >= 0.6 is 11.6 Å². The summed E-state index contributed by atoms with van der Waals surface area (Å²) in [5, 5.41) is 6.08. The van der Waals surface area contributed by atoms with Crippen molar-refractivity contribution >= 4 is 23.6 Å². The highest BCUT2D eigenvalue weighted by Crippen LogP contribution is 2.40. The molecule has 1 heterocycles. The first-order valence-corrected chi connectivity index (χ1v) is 9.79. The van der Waals surface area contributed by atoms with Crippen molar-refractivity contribution in [2.45, 2.75) is 26.0 Å². The molecular weight excluding hydrogens is 408 g/mol. The Hall–Kier alpha value is -3.19. The number of hydrogen-bond donors (Lipinski definition) is 2. The first-order chi connectivity index (χ1) is 14.5. The third-order valence-corrected chi connectivity index (χ3v) is 4.96. The number of esters is 1. The van der Waals surface area contributed by atoms with E-state index in [1.807, 2.05) is 19.1 Å². The van der Waals surface area contributed by atoms with Gasteiger partial charge in [0.25, 0.3) is 0 Å². The normalized spacial score (nSPS) is 15.9. The van der Waals surface area contributed by atoms with Gasteiger partial charge in [-0.25, -0.2) is 9.59 Å². The number of methoxy groups -OCH3 is 2. The van der Waals surface area contributed by atoms with Crippen LogP contribution in [-0.2, 0) is 16.1 Å². The molecule has 0 radical (unpaired) electrons. The fourth-order valence-corrected chi connectivity index (χ4v) is 3.55. The summed E-state index contributed by atoms with van der Waals surface area (Å²) in [6.07, 6.45) is 0.455. The number of carbonyl (C=O) groups excluding carboxylic acids is 2. The van der Waals surface area contributed by atoms with Gasteiger partial charge in [0.2, 0.25) is 0 Å². The van der Waals surface area contributed by atoms with E-state index in [0.29, 0.717) is 39.8 Å². The lowest BCUT2D eigenvalue weighted by atomic mass is 9.93. The number of para-hydroxylation sites is 1. The van der Waals surface area contributed by atoms with Gasteiger partial charge in [0, 0.05) is 16.3 Å². The summed E-state index contributed by atoms with van der Waals surface area (Å²) < 4.78 is 16.5. The van der Waals surface area contributed by atoms with Gasteiger partial charge in [-0.2, -0.15) is 0 Å². The highest BCUT2D eigenvalue weighted by atomic mass is 35.5. The van der Waals surface area contributed by atoms with Crippen molar-refractivity contribution in [3.63, 3.8) is 0 Å². The summed E-state index contributed by atoms with van der Waals surface area (Å²) in [6.45, 7) is 2.08. The molecule has 0 saturated carbocycles. The molecule has 0 spiro atoms. The van der Waals surface area contributed by atoms with E-state index in [0.717, 1.165) is 5.56 Å². The SMILES string of the molecule is CCC1=C(C(=O)OC)C(c2cccc(OC)c2OCc2cccc(Cl)c2)NC(=O)N1. The average Bonchev–Trinajstić information content (AvgIpc) is 2.76. The maximum absolute atomic E-state index is 12.6. The van der Waals surface area contributed by atoms with Gasteiger partial charge >= 0.3 is 12.0 Å². The Labute approximate surface area is 180 Å². The molecule has 1 aliphatic heterocycles. The molecule has 30 heavy (non-hydrogen) atoms. The summed E-state index contributed by atoms with van der Waals surface area (Å²) in [4.78, 5) is 24.8. The highest BCUT2D eigenvalue weighted by Gasteiger charge is 2.35. The summed E-state index contributed by atoms with van der Waals surface area (Å²) in [5.74, 6) is 0.363. The van der Waals surface area contributed by atoms with Crippen LogP contribution in [0.15, 0.2) is 53.7 Å². The lowest BCUT2D eigenvalue weighted by molar-refractivity contribution is -0.136. The maximum atomic E-state index is 12.6. The smallest absolute Gasteiger partial charge is 0.337 e.